The Balaban J connectivity index is 1.37. The number of oxime groups is 1. The van der Waals surface area contributed by atoms with Gasteiger partial charge >= 0.3 is 0 Å². The molecule has 2 aliphatic rings. The fourth-order valence-corrected chi connectivity index (χ4v) is 4.24. The minimum Gasteiger partial charge on any atom is -0.387 e. The van der Waals surface area contributed by atoms with Crippen LogP contribution in [-0.2, 0) is 4.84 Å². The number of hydrogen-bond donors (Lipinski definition) is 1. The standard InChI is InChI=1S/C20H21ClN4O2S/c1-20(12-23-19(26)16-7-8-17(21)28-16)11-15(24-27-20)13-3-5-14(6-4-13)18-22-9-10-25(18)2/h3-8H,9-12H2,1-2H3,(H,23,26). The Bertz CT molecular complexity index is 953. The molecule has 0 saturated heterocycles. The van der Waals surface area contributed by atoms with Gasteiger partial charge in [0.25, 0.3) is 5.91 Å². The molecule has 1 atom stereocenters. The van der Waals surface area contributed by atoms with Crippen molar-refractivity contribution in [2.45, 2.75) is 18.9 Å². The van der Waals surface area contributed by atoms with Crippen molar-refractivity contribution >= 4 is 40.4 Å². The zero-order valence-corrected chi connectivity index (χ0v) is 17.3. The number of rotatable bonds is 5. The number of amidine groups is 1. The number of halogens is 1. The summed E-state index contributed by atoms with van der Waals surface area (Å²) >= 11 is 7.15. The normalized spacial score (nSPS) is 21.3. The van der Waals surface area contributed by atoms with Crippen molar-refractivity contribution in [1.82, 2.24) is 10.2 Å². The van der Waals surface area contributed by atoms with Crippen LogP contribution in [0.1, 0.15) is 34.1 Å². The van der Waals surface area contributed by atoms with Gasteiger partial charge in [-0.25, -0.2) is 0 Å². The number of benzene rings is 1. The molecule has 0 aliphatic carbocycles. The summed E-state index contributed by atoms with van der Waals surface area (Å²) in [5, 5.41) is 7.17. The number of amides is 1. The van der Waals surface area contributed by atoms with E-state index in [1.807, 2.05) is 19.1 Å². The summed E-state index contributed by atoms with van der Waals surface area (Å²) in [5.41, 5.74) is 2.43. The van der Waals surface area contributed by atoms with Crippen molar-refractivity contribution in [3.05, 3.63) is 56.7 Å². The maximum atomic E-state index is 12.2. The predicted octanol–water partition coefficient (Wildman–Crippen LogP) is 3.41. The van der Waals surface area contributed by atoms with Gasteiger partial charge in [0, 0.05) is 25.6 Å². The lowest BCUT2D eigenvalue weighted by Crippen LogP contribution is -2.40. The molecule has 1 N–H and O–H groups in total. The fourth-order valence-electron chi connectivity index (χ4n) is 3.28. The highest BCUT2D eigenvalue weighted by Gasteiger charge is 2.35. The summed E-state index contributed by atoms with van der Waals surface area (Å²) in [4.78, 5) is 25.2. The van der Waals surface area contributed by atoms with Crippen molar-refractivity contribution in [2.75, 3.05) is 26.7 Å². The highest BCUT2D eigenvalue weighted by molar-refractivity contribution is 7.18. The van der Waals surface area contributed by atoms with E-state index in [1.54, 1.807) is 12.1 Å². The van der Waals surface area contributed by atoms with Crippen molar-refractivity contribution in [2.24, 2.45) is 10.1 Å². The van der Waals surface area contributed by atoms with Gasteiger partial charge < -0.3 is 15.1 Å². The van der Waals surface area contributed by atoms with Crippen LogP contribution in [0.4, 0.5) is 0 Å². The first-order valence-corrected chi connectivity index (χ1v) is 10.3. The third-order valence-corrected chi connectivity index (χ3v) is 6.10. The molecular formula is C20H21ClN4O2S. The summed E-state index contributed by atoms with van der Waals surface area (Å²) in [5.74, 6) is 0.873. The highest BCUT2D eigenvalue weighted by atomic mass is 35.5. The summed E-state index contributed by atoms with van der Waals surface area (Å²) < 4.78 is 0.595. The van der Waals surface area contributed by atoms with E-state index in [-0.39, 0.29) is 5.91 Å². The molecule has 28 heavy (non-hydrogen) atoms. The molecule has 1 aromatic carbocycles. The lowest BCUT2D eigenvalue weighted by molar-refractivity contribution is -0.00178. The van der Waals surface area contributed by atoms with Gasteiger partial charge in [-0.15, -0.1) is 11.3 Å². The molecule has 1 aromatic heterocycles. The first-order valence-electron chi connectivity index (χ1n) is 9.08. The van der Waals surface area contributed by atoms with Crippen LogP contribution in [0.2, 0.25) is 4.34 Å². The number of carbonyl (C=O) groups excluding carboxylic acids is 1. The van der Waals surface area contributed by atoms with Gasteiger partial charge in [0.05, 0.1) is 28.0 Å². The third-order valence-electron chi connectivity index (χ3n) is 4.87. The lowest BCUT2D eigenvalue weighted by atomic mass is 9.95. The summed E-state index contributed by atoms with van der Waals surface area (Å²) in [6.07, 6.45) is 0.624. The number of likely N-dealkylation sites (N-methyl/N-ethyl adjacent to an activating group) is 1. The van der Waals surface area contributed by atoms with E-state index in [9.17, 15) is 4.79 Å². The maximum Gasteiger partial charge on any atom is 0.261 e. The highest BCUT2D eigenvalue weighted by Crippen LogP contribution is 2.27. The molecule has 0 saturated carbocycles. The van der Waals surface area contributed by atoms with Crippen molar-refractivity contribution in [1.29, 1.82) is 0 Å². The zero-order valence-electron chi connectivity index (χ0n) is 15.7. The van der Waals surface area contributed by atoms with Gasteiger partial charge in [-0.2, -0.15) is 0 Å². The van der Waals surface area contributed by atoms with Crippen LogP contribution in [0.15, 0.2) is 46.5 Å². The SMILES string of the molecule is CN1CCN=C1c1ccc(C2=NOC(C)(CNC(=O)c3ccc(Cl)s3)C2)cc1. The van der Waals surface area contributed by atoms with E-state index >= 15 is 0 Å². The van der Waals surface area contributed by atoms with Crippen LogP contribution in [0, 0.1) is 0 Å². The Morgan fingerprint density at radius 3 is 2.68 bits per heavy atom. The monoisotopic (exact) mass is 416 g/mol. The molecule has 0 spiro atoms. The quantitative estimate of drug-likeness (QED) is 0.812. The summed E-state index contributed by atoms with van der Waals surface area (Å²) in [6, 6.07) is 11.7. The second-order valence-corrected chi connectivity index (χ2v) is 8.96. The van der Waals surface area contributed by atoms with Crippen LogP contribution in [0.25, 0.3) is 0 Å². The van der Waals surface area contributed by atoms with Gasteiger partial charge in [0.15, 0.2) is 5.60 Å². The van der Waals surface area contributed by atoms with Gasteiger partial charge in [0.1, 0.15) is 5.84 Å². The molecule has 0 radical (unpaired) electrons. The molecule has 2 aliphatic heterocycles. The molecule has 146 valence electrons. The average molecular weight is 417 g/mol. The van der Waals surface area contributed by atoms with E-state index in [0.717, 1.165) is 35.8 Å². The number of aliphatic imine (C=N–C) groups is 1. The maximum absolute atomic E-state index is 12.2. The number of thiophene rings is 1. The zero-order chi connectivity index (χ0) is 19.7. The Kier molecular flexibility index (Phi) is 5.12. The fraction of sp³-hybridized carbons (Fsp3) is 0.350. The molecule has 0 fully saturated rings. The van der Waals surface area contributed by atoms with Crippen LogP contribution < -0.4 is 5.32 Å². The molecule has 2 aromatic rings. The number of nitrogens with zero attached hydrogens (tertiary/aromatic N) is 3. The number of carbonyl (C=O) groups is 1. The van der Waals surface area contributed by atoms with Crippen molar-refractivity contribution < 1.29 is 9.63 Å². The molecule has 3 heterocycles. The minimum absolute atomic E-state index is 0.152. The Morgan fingerprint density at radius 1 is 1.29 bits per heavy atom. The van der Waals surface area contributed by atoms with E-state index < -0.39 is 5.60 Å². The number of hydrogen-bond acceptors (Lipinski definition) is 6. The average Bonchev–Trinajstić information content (AvgIpc) is 3.41. The molecule has 0 bridgehead atoms. The largest absolute Gasteiger partial charge is 0.387 e. The van der Waals surface area contributed by atoms with Crippen LogP contribution in [0.5, 0.6) is 0 Å². The Hall–Kier alpha value is -2.38. The van der Waals surface area contributed by atoms with E-state index in [2.05, 4.69) is 39.5 Å². The van der Waals surface area contributed by atoms with Crippen LogP contribution in [-0.4, -0.2) is 54.6 Å². The van der Waals surface area contributed by atoms with E-state index in [1.165, 1.54) is 11.3 Å². The topological polar surface area (TPSA) is 66.3 Å². The molecule has 8 heteroatoms. The van der Waals surface area contributed by atoms with Gasteiger partial charge in [-0.3, -0.25) is 9.79 Å². The van der Waals surface area contributed by atoms with Gasteiger partial charge in [-0.1, -0.05) is 41.0 Å². The smallest absolute Gasteiger partial charge is 0.261 e. The number of nitrogens with one attached hydrogen (secondary N) is 1. The third kappa shape index (κ3) is 3.91. The molecule has 1 unspecified atom stereocenters. The second-order valence-electron chi connectivity index (χ2n) is 7.25. The molecular weight excluding hydrogens is 396 g/mol. The Labute approximate surface area is 172 Å². The van der Waals surface area contributed by atoms with Crippen LogP contribution >= 0.6 is 22.9 Å². The second kappa shape index (κ2) is 7.56. The first kappa shape index (κ1) is 19.0. The Morgan fingerprint density at radius 2 is 2.04 bits per heavy atom. The van der Waals surface area contributed by atoms with Gasteiger partial charge in [0.2, 0.25) is 0 Å². The van der Waals surface area contributed by atoms with Crippen LogP contribution in [0.3, 0.4) is 0 Å². The van der Waals surface area contributed by atoms with Crippen molar-refractivity contribution in [3.8, 4) is 0 Å². The lowest BCUT2D eigenvalue weighted by Gasteiger charge is -2.21. The molecule has 1 amide bonds. The minimum atomic E-state index is -0.569. The summed E-state index contributed by atoms with van der Waals surface area (Å²) in [6.45, 7) is 4.12. The van der Waals surface area contributed by atoms with E-state index in [4.69, 9.17) is 16.4 Å². The molecule has 6 nitrogen and oxygen atoms in total. The predicted molar refractivity (Wildman–Crippen MR) is 113 cm³/mol. The van der Waals surface area contributed by atoms with Gasteiger partial charge in [-0.05, 0) is 24.6 Å². The first-order chi connectivity index (χ1) is 13.4. The van der Waals surface area contributed by atoms with Crippen molar-refractivity contribution in [3.63, 3.8) is 0 Å². The summed E-state index contributed by atoms with van der Waals surface area (Å²) in [7, 11) is 2.05. The van der Waals surface area contributed by atoms with E-state index in [0.29, 0.717) is 22.2 Å². The molecule has 4 rings (SSSR count).